The zero-order chi connectivity index (χ0) is 12.1. The summed E-state index contributed by atoms with van der Waals surface area (Å²) in [5.74, 6) is 0. The minimum atomic E-state index is 0.250. The van der Waals surface area contributed by atoms with Crippen molar-refractivity contribution in [2.24, 2.45) is 0 Å². The van der Waals surface area contributed by atoms with Gasteiger partial charge in [-0.25, -0.2) is 0 Å². The first kappa shape index (κ1) is 12.1. The molecule has 3 heteroatoms. The summed E-state index contributed by atoms with van der Waals surface area (Å²) >= 11 is 0. The van der Waals surface area contributed by atoms with Crippen molar-refractivity contribution in [2.75, 3.05) is 18.1 Å². The quantitative estimate of drug-likeness (QED) is 0.793. The molecule has 1 aliphatic rings. The molecule has 1 unspecified atom stereocenters. The van der Waals surface area contributed by atoms with E-state index in [9.17, 15) is 4.79 Å². The molecule has 3 nitrogen and oxygen atoms in total. The smallest absolute Gasteiger partial charge is 0.152 e. The first-order valence-corrected chi connectivity index (χ1v) is 6.28. The van der Waals surface area contributed by atoms with E-state index in [0.29, 0.717) is 6.04 Å². The predicted molar refractivity (Wildman–Crippen MR) is 68.5 cm³/mol. The highest BCUT2D eigenvalue weighted by Crippen LogP contribution is 2.29. The third-order valence-electron chi connectivity index (χ3n) is 3.45. The number of carbonyl (C=O) groups excluding carboxylic acids is 1. The maximum Gasteiger partial charge on any atom is 0.152 e. The standard InChI is InChI=1S/C14H19NO2/c16-10-4-7-13-6-3-9-15(13)14-8-2-1-5-12(14)11-17/h1-2,5,8,11,13,16H,3-4,6-7,9-10H2. The highest BCUT2D eigenvalue weighted by molar-refractivity contribution is 5.84. The molecule has 17 heavy (non-hydrogen) atoms. The number of aliphatic hydroxyl groups is 1. The topological polar surface area (TPSA) is 40.5 Å². The van der Waals surface area contributed by atoms with Crippen LogP contribution in [0.3, 0.4) is 0 Å². The molecule has 1 aromatic carbocycles. The zero-order valence-corrected chi connectivity index (χ0v) is 10.0. The van der Waals surface area contributed by atoms with Gasteiger partial charge in [-0.15, -0.1) is 0 Å². The summed E-state index contributed by atoms with van der Waals surface area (Å²) in [5, 5.41) is 8.91. The maximum atomic E-state index is 11.0. The first-order valence-electron chi connectivity index (χ1n) is 6.28. The number of anilines is 1. The van der Waals surface area contributed by atoms with Crippen molar-refractivity contribution < 1.29 is 9.90 Å². The number of para-hydroxylation sites is 1. The molecule has 0 aromatic heterocycles. The van der Waals surface area contributed by atoms with Gasteiger partial charge in [0.2, 0.25) is 0 Å². The van der Waals surface area contributed by atoms with Crippen LogP contribution in [-0.4, -0.2) is 30.6 Å². The Balaban J connectivity index is 2.16. The molecule has 1 saturated heterocycles. The number of nitrogens with zero attached hydrogens (tertiary/aromatic N) is 1. The number of aliphatic hydroxyl groups excluding tert-OH is 1. The number of hydrogen-bond acceptors (Lipinski definition) is 3. The Morgan fingerprint density at radius 3 is 3.00 bits per heavy atom. The van der Waals surface area contributed by atoms with Crippen LogP contribution >= 0.6 is 0 Å². The number of carbonyl (C=O) groups is 1. The molecule has 1 atom stereocenters. The van der Waals surface area contributed by atoms with Crippen molar-refractivity contribution in [1.29, 1.82) is 0 Å². The van der Waals surface area contributed by atoms with Gasteiger partial charge in [-0.2, -0.15) is 0 Å². The van der Waals surface area contributed by atoms with E-state index in [-0.39, 0.29) is 6.61 Å². The van der Waals surface area contributed by atoms with Gasteiger partial charge in [0.15, 0.2) is 6.29 Å². The number of benzene rings is 1. The second-order valence-electron chi connectivity index (χ2n) is 4.53. The third kappa shape index (κ3) is 2.67. The average Bonchev–Trinajstić information content (AvgIpc) is 2.84. The lowest BCUT2D eigenvalue weighted by Crippen LogP contribution is -2.30. The SMILES string of the molecule is O=Cc1ccccc1N1CCCC1CCCO. The summed E-state index contributed by atoms with van der Waals surface area (Å²) in [4.78, 5) is 13.4. The molecule has 1 heterocycles. The van der Waals surface area contributed by atoms with E-state index in [1.54, 1.807) is 0 Å². The molecule has 2 rings (SSSR count). The molecule has 0 bridgehead atoms. The molecule has 1 N–H and O–H groups in total. The van der Waals surface area contributed by atoms with E-state index in [2.05, 4.69) is 4.90 Å². The Bertz CT molecular complexity index is 378. The van der Waals surface area contributed by atoms with Gasteiger partial charge in [0.25, 0.3) is 0 Å². The number of aldehydes is 1. The average molecular weight is 233 g/mol. The van der Waals surface area contributed by atoms with Gasteiger partial charge in [0.1, 0.15) is 0 Å². The lowest BCUT2D eigenvalue weighted by molar-refractivity contribution is 0.112. The number of rotatable bonds is 5. The van der Waals surface area contributed by atoms with Crippen molar-refractivity contribution in [3.8, 4) is 0 Å². The summed E-state index contributed by atoms with van der Waals surface area (Å²) in [6, 6.07) is 8.23. The van der Waals surface area contributed by atoms with Crippen LogP contribution in [0.4, 0.5) is 5.69 Å². The summed E-state index contributed by atoms with van der Waals surface area (Å²) in [6.45, 7) is 1.26. The van der Waals surface area contributed by atoms with Gasteiger partial charge in [-0.3, -0.25) is 4.79 Å². The fourth-order valence-corrected chi connectivity index (χ4v) is 2.63. The molecule has 0 amide bonds. The van der Waals surface area contributed by atoms with Crippen molar-refractivity contribution in [3.05, 3.63) is 29.8 Å². The number of hydrogen-bond donors (Lipinski definition) is 1. The van der Waals surface area contributed by atoms with Crippen LogP contribution in [-0.2, 0) is 0 Å². The fraction of sp³-hybridized carbons (Fsp3) is 0.500. The molecule has 0 aliphatic carbocycles. The van der Waals surface area contributed by atoms with Crippen LogP contribution < -0.4 is 4.90 Å². The summed E-state index contributed by atoms with van der Waals surface area (Å²) < 4.78 is 0. The normalized spacial score (nSPS) is 19.6. The molecule has 0 saturated carbocycles. The molecule has 1 fully saturated rings. The summed E-state index contributed by atoms with van der Waals surface area (Å²) in [7, 11) is 0. The van der Waals surface area contributed by atoms with Crippen molar-refractivity contribution in [2.45, 2.75) is 31.7 Å². The van der Waals surface area contributed by atoms with Gasteiger partial charge >= 0.3 is 0 Å². The van der Waals surface area contributed by atoms with Crippen LogP contribution in [0.2, 0.25) is 0 Å². The Labute approximate surface area is 102 Å². The Hall–Kier alpha value is -1.35. The van der Waals surface area contributed by atoms with E-state index in [4.69, 9.17) is 5.11 Å². The van der Waals surface area contributed by atoms with E-state index in [0.717, 1.165) is 43.3 Å². The zero-order valence-electron chi connectivity index (χ0n) is 10.0. The molecular formula is C14H19NO2. The van der Waals surface area contributed by atoms with Crippen LogP contribution in [0.25, 0.3) is 0 Å². The van der Waals surface area contributed by atoms with Gasteiger partial charge in [0.05, 0.1) is 0 Å². The summed E-state index contributed by atoms with van der Waals surface area (Å²) in [5.41, 5.74) is 1.81. The highest BCUT2D eigenvalue weighted by atomic mass is 16.2. The molecular weight excluding hydrogens is 214 g/mol. The lowest BCUT2D eigenvalue weighted by Gasteiger charge is -2.27. The van der Waals surface area contributed by atoms with Crippen LogP contribution in [0.15, 0.2) is 24.3 Å². The van der Waals surface area contributed by atoms with Gasteiger partial charge in [0, 0.05) is 30.4 Å². The van der Waals surface area contributed by atoms with Crippen molar-refractivity contribution >= 4 is 12.0 Å². The Morgan fingerprint density at radius 2 is 2.24 bits per heavy atom. The molecule has 0 spiro atoms. The maximum absolute atomic E-state index is 11.0. The van der Waals surface area contributed by atoms with E-state index < -0.39 is 0 Å². The summed E-state index contributed by atoms with van der Waals surface area (Å²) in [6.07, 6.45) is 5.10. The molecule has 92 valence electrons. The second kappa shape index (κ2) is 5.82. The van der Waals surface area contributed by atoms with Crippen molar-refractivity contribution in [1.82, 2.24) is 0 Å². The predicted octanol–water partition coefficient (Wildman–Crippen LogP) is 2.24. The van der Waals surface area contributed by atoms with Crippen LogP contribution in [0.1, 0.15) is 36.0 Å². The van der Waals surface area contributed by atoms with Gasteiger partial charge in [-0.1, -0.05) is 12.1 Å². The van der Waals surface area contributed by atoms with E-state index >= 15 is 0 Å². The molecule has 1 aromatic rings. The van der Waals surface area contributed by atoms with Gasteiger partial charge in [-0.05, 0) is 37.8 Å². The Kier molecular flexibility index (Phi) is 4.15. The highest BCUT2D eigenvalue weighted by Gasteiger charge is 2.25. The molecule has 0 radical (unpaired) electrons. The third-order valence-corrected chi connectivity index (χ3v) is 3.45. The van der Waals surface area contributed by atoms with Crippen LogP contribution in [0, 0.1) is 0 Å². The minimum absolute atomic E-state index is 0.250. The Morgan fingerprint density at radius 1 is 1.41 bits per heavy atom. The largest absolute Gasteiger partial charge is 0.396 e. The van der Waals surface area contributed by atoms with E-state index in [1.807, 2.05) is 24.3 Å². The molecule has 1 aliphatic heterocycles. The monoisotopic (exact) mass is 233 g/mol. The van der Waals surface area contributed by atoms with Crippen molar-refractivity contribution in [3.63, 3.8) is 0 Å². The lowest BCUT2D eigenvalue weighted by atomic mass is 10.1. The van der Waals surface area contributed by atoms with E-state index in [1.165, 1.54) is 6.42 Å². The van der Waals surface area contributed by atoms with Gasteiger partial charge < -0.3 is 10.0 Å². The second-order valence-corrected chi connectivity index (χ2v) is 4.53. The minimum Gasteiger partial charge on any atom is -0.396 e. The van der Waals surface area contributed by atoms with Crippen LogP contribution in [0.5, 0.6) is 0 Å². The first-order chi connectivity index (χ1) is 8.36. The fourth-order valence-electron chi connectivity index (χ4n) is 2.63.